The first-order chi connectivity index (χ1) is 9.69. The predicted molar refractivity (Wildman–Crippen MR) is 78.3 cm³/mol. The largest absolute Gasteiger partial charge is 0.359 e. The highest BCUT2D eigenvalue weighted by Gasteiger charge is 2.26. The number of carbonyl (C=O) groups excluding carboxylic acids is 2. The molecule has 2 rings (SSSR count). The van der Waals surface area contributed by atoms with Gasteiger partial charge >= 0.3 is 0 Å². The Morgan fingerprint density at radius 1 is 1.10 bits per heavy atom. The lowest BCUT2D eigenvalue weighted by Gasteiger charge is -2.34. The maximum Gasteiger partial charge on any atom is 0.223 e. The fourth-order valence-electron chi connectivity index (χ4n) is 3.27. The molecular formula is C15H27N3O2. The van der Waals surface area contributed by atoms with Crippen LogP contribution in [0.1, 0.15) is 38.5 Å². The first kappa shape index (κ1) is 15.3. The lowest BCUT2D eigenvalue weighted by molar-refractivity contribution is -0.135. The van der Waals surface area contributed by atoms with Crippen LogP contribution in [0.15, 0.2) is 0 Å². The molecule has 0 aromatic rings. The van der Waals surface area contributed by atoms with E-state index in [0.29, 0.717) is 18.8 Å². The molecule has 1 unspecified atom stereocenters. The van der Waals surface area contributed by atoms with Crippen molar-refractivity contribution in [1.82, 2.24) is 15.1 Å². The van der Waals surface area contributed by atoms with E-state index in [4.69, 9.17) is 0 Å². The highest BCUT2D eigenvalue weighted by molar-refractivity contribution is 5.83. The molecule has 0 aromatic heterocycles. The van der Waals surface area contributed by atoms with E-state index in [1.807, 2.05) is 4.90 Å². The highest BCUT2D eigenvalue weighted by Crippen LogP contribution is 2.20. The van der Waals surface area contributed by atoms with Gasteiger partial charge in [0, 0.05) is 39.5 Å². The van der Waals surface area contributed by atoms with Crippen molar-refractivity contribution in [1.29, 1.82) is 0 Å². The van der Waals surface area contributed by atoms with Crippen molar-refractivity contribution in [3.8, 4) is 0 Å². The first-order valence-corrected chi connectivity index (χ1v) is 7.89. The molecule has 2 aliphatic rings. The average molecular weight is 281 g/mol. The molecule has 0 saturated carbocycles. The number of carbonyl (C=O) groups is 2. The summed E-state index contributed by atoms with van der Waals surface area (Å²) in [4.78, 5) is 27.8. The number of likely N-dealkylation sites (tertiary alicyclic amines) is 2. The second-order valence-corrected chi connectivity index (χ2v) is 6.03. The highest BCUT2D eigenvalue weighted by atomic mass is 16.2. The minimum atomic E-state index is -0.0519. The lowest BCUT2D eigenvalue weighted by Crippen LogP contribution is -2.43. The number of amides is 2. The third kappa shape index (κ3) is 4.47. The summed E-state index contributed by atoms with van der Waals surface area (Å²) < 4.78 is 0. The normalized spacial score (nSPS) is 23.9. The van der Waals surface area contributed by atoms with Crippen LogP contribution in [0, 0.1) is 5.92 Å². The molecule has 2 fully saturated rings. The summed E-state index contributed by atoms with van der Waals surface area (Å²) in [5.41, 5.74) is 0. The Kier molecular flexibility index (Phi) is 5.83. The van der Waals surface area contributed by atoms with Gasteiger partial charge in [-0.25, -0.2) is 0 Å². The van der Waals surface area contributed by atoms with Gasteiger partial charge in [-0.1, -0.05) is 0 Å². The topological polar surface area (TPSA) is 52.7 Å². The van der Waals surface area contributed by atoms with E-state index in [-0.39, 0.29) is 11.8 Å². The number of hydrogen-bond donors (Lipinski definition) is 1. The van der Waals surface area contributed by atoms with Crippen molar-refractivity contribution >= 4 is 11.8 Å². The molecule has 114 valence electrons. The van der Waals surface area contributed by atoms with Gasteiger partial charge in [0.15, 0.2) is 0 Å². The fourth-order valence-corrected chi connectivity index (χ4v) is 3.27. The molecule has 0 aliphatic carbocycles. The Morgan fingerprint density at radius 3 is 2.55 bits per heavy atom. The van der Waals surface area contributed by atoms with Crippen LogP contribution < -0.4 is 5.32 Å². The average Bonchev–Trinajstić information content (AvgIpc) is 2.97. The van der Waals surface area contributed by atoms with Crippen LogP contribution in [0.2, 0.25) is 0 Å². The molecule has 0 spiro atoms. The summed E-state index contributed by atoms with van der Waals surface area (Å²) >= 11 is 0. The maximum atomic E-state index is 12.1. The van der Waals surface area contributed by atoms with Crippen molar-refractivity contribution in [2.24, 2.45) is 5.92 Å². The number of hydrogen-bond acceptors (Lipinski definition) is 3. The third-order valence-electron chi connectivity index (χ3n) is 4.43. The van der Waals surface area contributed by atoms with Crippen LogP contribution >= 0.6 is 0 Å². The summed E-state index contributed by atoms with van der Waals surface area (Å²) in [6.45, 7) is 5.33. The Hall–Kier alpha value is -1.10. The Bertz CT molecular complexity index is 340. The van der Waals surface area contributed by atoms with Crippen molar-refractivity contribution in [3.63, 3.8) is 0 Å². The fraction of sp³-hybridized carbons (Fsp3) is 0.867. The van der Waals surface area contributed by atoms with Gasteiger partial charge in [0.2, 0.25) is 11.8 Å². The van der Waals surface area contributed by atoms with Gasteiger partial charge in [0.05, 0.1) is 0 Å². The van der Waals surface area contributed by atoms with Gasteiger partial charge in [-0.15, -0.1) is 0 Å². The molecule has 20 heavy (non-hydrogen) atoms. The SMILES string of the molecule is CNC(=O)CCC(=O)N1CCCC(CN2CCCC2)C1. The summed E-state index contributed by atoms with van der Waals surface area (Å²) in [5.74, 6) is 0.703. The number of nitrogens with zero attached hydrogens (tertiary/aromatic N) is 2. The first-order valence-electron chi connectivity index (χ1n) is 7.89. The van der Waals surface area contributed by atoms with Crippen LogP contribution in [0.4, 0.5) is 0 Å². The van der Waals surface area contributed by atoms with E-state index in [2.05, 4.69) is 10.2 Å². The van der Waals surface area contributed by atoms with Crippen LogP contribution in [0.5, 0.6) is 0 Å². The van der Waals surface area contributed by atoms with Gasteiger partial charge in [0.1, 0.15) is 0 Å². The Morgan fingerprint density at radius 2 is 1.85 bits per heavy atom. The molecule has 2 amide bonds. The Labute approximate surface area is 121 Å². The summed E-state index contributed by atoms with van der Waals surface area (Å²) in [5, 5.41) is 2.56. The van der Waals surface area contributed by atoms with E-state index < -0.39 is 0 Å². The van der Waals surface area contributed by atoms with Crippen molar-refractivity contribution < 1.29 is 9.59 Å². The molecule has 1 N–H and O–H groups in total. The number of nitrogens with one attached hydrogen (secondary N) is 1. The molecule has 0 bridgehead atoms. The molecule has 0 radical (unpaired) electrons. The quantitative estimate of drug-likeness (QED) is 0.813. The van der Waals surface area contributed by atoms with Crippen LogP contribution in [0.3, 0.4) is 0 Å². The van der Waals surface area contributed by atoms with Crippen molar-refractivity contribution in [3.05, 3.63) is 0 Å². The number of rotatable bonds is 5. The zero-order chi connectivity index (χ0) is 14.4. The predicted octanol–water partition coefficient (Wildman–Crippen LogP) is 0.847. The standard InChI is InChI=1S/C15H27N3O2/c1-16-14(19)6-7-15(20)18-10-4-5-13(12-18)11-17-8-2-3-9-17/h13H,2-12H2,1H3,(H,16,19). The number of piperidine rings is 1. The van der Waals surface area contributed by atoms with Crippen LogP contribution in [-0.2, 0) is 9.59 Å². The maximum absolute atomic E-state index is 12.1. The molecule has 1 atom stereocenters. The van der Waals surface area contributed by atoms with Gasteiger partial charge in [0.25, 0.3) is 0 Å². The lowest BCUT2D eigenvalue weighted by atomic mass is 9.97. The third-order valence-corrected chi connectivity index (χ3v) is 4.43. The molecule has 0 aromatic carbocycles. The summed E-state index contributed by atoms with van der Waals surface area (Å²) in [6, 6.07) is 0. The van der Waals surface area contributed by atoms with Gasteiger partial charge < -0.3 is 15.1 Å². The smallest absolute Gasteiger partial charge is 0.223 e. The molecular weight excluding hydrogens is 254 g/mol. The van der Waals surface area contributed by atoms with E-state index in [9.17, 15) is 9.59 Å². The van der Waals surface area contributed by atoms with Crippen LogP contribution in [-0.4, -0.2) is 61.4 Å². The van der Waals surface area contributed by atoms with Gasteiger partial charge in [-0.3, -0.25) is 9.59 Å². The monoisotopic (exact) mass is 281 g/mol. The second kappa shape index (κ2) is 7.62. The minimum absolute atomic E-state index is 0.0519. The van der Waals surface area contributed by atoms with Crippen molar-refractivity contribution in [2.45, 2.75) is 38.5 Å². The van der Waals surface area contributed by atoms with Crippen molar-refractivity contribution in [2.75, 3.05) is 39.8 Å². The van der Waals surface area contributed by atoms with E-state index in [0.717, 1.165) is 26.1 Å². The molecule has 2 aliphatic heterocycles. The zero-order valence-electron chi connectivity index (χ0n) is 12.6. The second-order valence-electron chi connectivity index (χ2n) is 6.03. The molecule has 5 heteroatoms. The zero-order valence-corrected chi connectivity index (χ0v) is 12.6. The minimum Gasteiger partial charge on any atom is -0.359 e. The Balaban J connectivity index is 1.74. The summed E-state index contributed by atoms with van der Waals surface area (Å²) in [6.07, 6.45) is 5.63. The van der Waals surface area contributed by atoms with E-state index in [1.165, 1.54) is 32.4 Å². The van der Waals surface area contributed by atoms with E-state index >= 15 is 0 Å². The van der Waals surface area contributed by atoms with Crippen LogP contribution in [0.25, 0.3) is 0 Å². The van der Waals surface area contributed by atoms with Gasteiger partial charge in [-0.05, 0) is 44.7 Å². The summed E-state index contributed by atoms with van der Waals surface area (Å²) in [7, 11) is 1.61. The van der Waals surface area contributed by atoms with E-state index in [1.54, 1.807) is 7.05 Å². The van der Waals surface area contributed by atoms with Gasteiger partial charge in [-0.2, -0.15) is 0 Å². The molecule has 2 heterocycles. The molecule has 2 saturated heterocycles. The molecule has 5 nitrogen and oxygen atoms in total.